The fourth-order valence-corrected chi connectivity index (χ4v) is 3.26. The van der Waals surface area contributed by atoms with E-state index in [1.54, 1.807) is 36.4 Å². The monoisotopic (exact) mass is 333 g/mol. The summed E-state index contributed by atoms with van der Waals surface area (Å²) in [7, 11) is -2.67. The van der Waals surface area contributed by atoms with Crippen LogP contribution in [0, 0.1) is 0 Å². The van der Waals surface area contributed by atoms with Crippen molar-refractivity contribution in [1.82, 2.24) is 0 Å². The number of benzene rings is 2. The highest BCUT2D eigenvalue weighted by atomic mass is 32.2. The van der Waals surface area contributed by atoms with Gasteiger partial charge in [-0.3, -0.25) is 4.84 Å². The number of carbonyl (C=O) groups is 1. The maximum absolute atomic E-state index is 12.7. The molecular weight excluding hydrogens is 318 g/mol. The SMILES string of the molecule is CON(c1ccccc1)S(=O)(=O)c1cccc(C=CC(=O)O)c1. The van der Waals surface area contributed by atoms with Crippen LogP contribution in [0.1, 0.15) is 5.56 Å². The Balaban J connectivity index is 2.42. The first-order valence-corrected chi connectivity index (χ1v) is 8.04. The molecule has 0 heterocycles. The Morgan fingerprint density at radius 2 is 1.83 bits per heavy atom. The molecule has 6 nitrogen and oxygen atoms in total. The van der Waals surface area contributed by atoms with Crippen molar-refractivity contribution in [2.24, 2.45) is 0 Å². The van der Waals surface area contributed by atoms with Crippen molar-refractivity contribution < 1.29 is 23.2 Å². The van der Waals surface area contributed by atoms with E-state index in [0.29, 0.717) is 11.3 Å². The third-order valence-corrected chi connectivity index (χ3v) is 4.57. The fraction of sp³-hybridized carbons (Fsp3) is 0.0625. The Labute approximate surface area is 134 Å². The van der Waals surface area contributed by atoms with Gasteiger partial charge < -0.3 is 5.11 Å². The molecule has 0 bridgehead atoms. The molecule has 0 atom stereocenters. The maximum atomic E-state index is 12.7. The van der Waals surface area contributed by atoms with Gasteiger partial charge in [0, 0.05) is 6.08 Å². The van der Waals surface area contributed by atoms with Crippen LogP contribution in [0.5, 0.6) is 0 Å². The predicted molar refractivity (Wildman–Crippen MR) is 86.2 cm³/mol. The third-order valence-electron chi connectivity index (χ3n) is 2.93. The summed E-state index contributed by atoms with van der Waals surface area (Å²) in [5, 5.41) is 8.65. The highest BCUT2D eigenvalue weighted by molar-refractivity contribution is 7.92. The molecule has 0 aromatic heterocycles. The van der Waals surface area contributed by atoms with Gasteiger partial charge in [0.15, 0.2) is 0 Å². The summed E-state index contributed by atoms with van der Waals surface area (Å²) in [6, 6.07) is 14.3. The minimum atomic E-state index is -3.94. The number of aliphatic carboxylic acids is 1. The average Bonchev–Trinajstić information content (AvgIpc) is 2.54. The number of hydrogen-bond acceptors (Lipinski definition) is 4. The third kappa shape index (κ3) is 3.97. The van der Waals surface area contributed by atoms with E-state index in [-0.39, 0.29) is 4.90 Å². The van der Waals surface area contributed by atoms with Crippen molar-refractivity contribution in [2.75, 3.05) is 11.6 Å². The number of hydrogen-bond donors (Lipinski definition) is 1. The van der Waals surface area contributed by atoms with Crippen LogP contribution in [-0.2, 0) is 19.7 Å². The van der Waals surface area contributed by atoms with Crippen LogP contribution in [-0.4, -0.2) is 26.6 Å². The minimum absolute atomic E-state index is 0.00394. The molecule has 0 aliphatic heterocycles. The molecule has 2 aromatic rings. The molecule has 120 valence electrons. The lowest BCUT2D eigenvalue weighted by Crippen LogP contribution is -2.29. The molecule has 1 N–H and O–H groups in total. The summed E-state index contributed by atoms with van der Waals surface area (Å²) < 4.78 is 26.2. The first-order chi connectivity index (χ1) is 10.9. The van der Waals surface area contributed by atoms with Gasteiger partial charge in [-0.05, 0) is 35.9 Å². The summed E-state index contributed by atoms with van der Waals surface area (Å²) in [6.07, 6.45) is 2.26. The van der Waals surface area contributed by atoms with E-state index in [2.05, 4.69) is 0 Å². The van der Waals surface area contributed by atoms with Gasteiger partial charge in [-0.25, -0.2) is 4.79 Å². The smallest absolute Gasteiger partial charge is 0.328 e. The van der Waals surface area contributed by atoms with Gasteiger partial charge in [0.2, 0.25) is 0 Å². The van der Waals surface area contributed by atoms with Crippen LogP contribution >= 0.6 is 0 Å². The zero-order chi connectivity index (χ0) is 16.9. The molecular formula is C16H15NO5S. The topological polar surface area (TPSA) is 83.9 Å². The largest absolute Gasteiger partial charge is 0.478 e. The maximum Gasteiger partial charge on any atom is 0.328 e. The van der Waals surface area contributed by atoms with E-state index >= 15 is 0 Å². The van der Waals surface area contributed by atoms with E-state index in [1.165, 1.54) is 31.4 Å². The van der Waals surface area contributed by atoms with Crippen LogP contribution in [0.4, 0.5) is 5.69 Å². The van der Waals surface area contributed by atoms with E-state index in [9.17, 15) is 13.2 Å². The molecule has 0 saturated heterocycles. The summed E-state index contributed by atoms with van der Waals surface area (Å²) in [6.45, 7) is 0. The second-order valence-corrected chi connectivity index (χ2v) is 6.25. The molecule has 23 heavy (non-hydrogen) atoms. The summed E-state index contributed by atoms with van der Waals surface area (Å²) >= 11 is 0. The van der Waals surface area contributed by atoms with Crippen LogP contribution in [0.2, 0.25) is 0 Å². The molecule has 7 heteroatoms. The van der Waals surface area contributed by atoms with Gasteiger partial charge in [0.1, 0.15) is 0 Å². The summed E-state index contributed by atoms with van der Waals surface area (Å²) in [5.74, 6) is -1.11. The van der Waals surface area contributed by atoms with E-state index in [0.717, 1.165) is 10.5 Å². The van der Waals surface area contributed by atoms with E-state index in [1.807, 2.05) is 0 Å². The lowest BCUT2D eigenvalue weighted by molar-refractivity contribution is -0.131. The number of nitrogens with zero attached hydrogens (tertiary/aromatic N) is 1. The predicted octanol–water partition coefficient (Wildman–Crippen LogP) is 2.54. The average molecular weight is 333 g/mol. The molecule has 0 aliphatic rings. The molecule has 0 saturated carbocycles. The van der Waals surface area contributed by atoms with Gasteiger partial charge in [-0.2, -0.15) is 8.42 Å². The Kier molecular flexibility index (Phi) is 5.15. The molecule has 0 amide bonds. The van der Waals surface area contributed by atoms with Crippen molar-refractivity contribution in [1.29, 1.82) is 0 Å². The first kappa shape index (κ1) is 16.7. The van der Waals surface area contributed by atoms with Crippen molar-refractivity contribution in [3.63, 3.8) is 0 Å². The van der Waals surface area contributed by atoms with Crippen molar-refractivity contribution in [3.05, 3.63) is 66.2 Å². The minimum Gasteiger partial charge on any atom is -0.478 e. The highest BCUT2D eigenvalue weighted by Crippen LogP contribution is 2.24. The van der Waals surface area contributed by atoms with Crippen LogP contribution in [0.15, 0.2) is 65.6 Å². The van der Waals surface area contributed by atoms with Crippen LogP contribution in [0.3, 0.4) is 0 Å². The number of rotatable bonds is 6. The molecule has 2 rings (SSSR count). The van der Waals surface area contributed by atoms with Gasteiger partial charge in [-0.1, -0.05) is 30.3 Å². The van der Waals surface area contributed by atoms with Crippen molar-refractivity contribution >= 4 is 27.8 Å². The normalized spacial score (nSPS) is 11.5. The van der Waals surface area contributed by atoms with Gasteiger partial charge >= 0.3 is 5.97 Å². The molecule has 0 spiro atoms. The molecule has 0 radical (unpaired) electrons. The zero-order valence-electron chi connectivity index (χ0n) is 12.3. The van der Waals surface area contributed by atoms with Crippen molar-refractivity contribution in [3.8, 4) is 0 Å². The first-order valence-electron chi connectivity index (χ1n) is 6.60. The summed E-state index contributed by atoms with van der Waals surface area (Å²) in [4.78, 5) is 15.6. The van der Waals surface area contributed by atoms with E-state index in [4.69, 9.17) is 9.94 Å². The van der Waals surface area contributed by atoms with Crippen LogP contribution in [0.25, 0.3) is 6.08 Å². The Bertz CT molecular complexity index is 815. The van der Waals surface area contributed by atoms with Crippen molar-refractivity contribution in [2.45, 2.75) is 4.90 Å². The quantitative estimate of drug-likeness (QED) is 0.649. The van der Waals surface area contributed by atoms with Gasteiger partial charge in [-0.15, -0.1) is 4.47 Å². The zero-order valence-corrected chi connectivity index (χ0v) is 13.1. The Morgan fingerprint density at radius 3 is 2.43 bits per heavy atom. The second-order valence-electron chi connectivity index (χ2n) is 4.49. The second kappa shape index (κ2) is 7.08. The number of carboxylic acid groups (broad SMARTS) is 1. The lowest BCUT2D eigenvalue weighted by atomic mass is 10.2. The van der Waals surface area contributed by atoms with Gasteiger partial charge in [0.25, 0.3) is 10.0 Å². The molecule has 0 fully saturated rings. The fourth-order valence-electron chi connectivity index (χ4n) is 1.93. The highest BCUT2D eigenvalue weighted by Gasteiger charge is 2.25. The molecule has 2 aromatic carbocycles. The lowest BCUT2D eigenvalue weighted by Gasteiger charge is -2.21. The number of para-hydroxylation sites is 1. The van der Waals surface area contributed by atoms with E-state index < -0.39 is 16.0 Å². The Morgan fingerprint density at radius 1 is 1.13 bits per heavy atom. The number of carboxylic acids is 1. The van der Waals surface area contributed by atoms with Crippen LogP contribution < -0.4 is 4.47 Å². The number of anilines is 1. The Hall–Kier alpha value is -2.64. The number of sulfonamides is 1. The molecule has 0 unspecified atom stereocenters. The van der Waals surface area contributed by atoms with Gasteiger partial charge in [0.05, 0.1) is 17.7 Å². The summed E-state index contributed by atoms with van der Waals surface area (Å²) in [5.41, 5.74) is 0.819. The molecule has 0 aliphatic carbocycles. The standard InChI is InChI=1S/C16H15NO5S/c1-22-17(14-7-3-2-4-8-14)23(20,21)15-9-5-6-13(12-15)10-11-16(18)19/h2-12H,1H3,(H,18,19).